The molecule has 0 saturated carbocycles. The SMILES string of the molecule is CC(=O)O[C@H](C(=O)O[C@@H](C)C(=O)OC1=CC[C@@]2(O)[C@H]3Cc4ccc(CO)c5c4[C@@]2(CCN3C)[C@H]1O5)c1ccccc1.O=CC(F)(F)F. The molecule has 14 heteroatoms. The van der Waals surface area contributed by atoms with Crippen LogP contribution in [0, 0.1) is 0 Å². The highest BCUT2D eigenvalue weighted by Crippen LogP contribution is 2.64. The van der Waals surface area contributed by atoms with E-state index in [2.05, 4.69) is 4.90 Å². The second-order valence-corrected chi connectivity index (χ2v) is 12.0. The van der Waals surface area contributed by atoms with Gasteiger partial charge in [0, 0.05) is 36.1 Å². The summed E-state index contributed by atoms with van der Waals surface area (Å²) in [5.74, 6) is -1.64. The van der Waals surface area contributed by atoms with Crippen LogP contribution < -0.4 is 4.74 Å². The number of aliphatic hydroxyl groups excluding tert-OH is 1. The Morgan fingerprint density at radius 1 is 1.13 bits per heavy atom. The van der Waals surface area contributed by atoms with E-state index in [1.54, 1.807) is 36.4 Å². The lowest BCUT2D eigenvalue weighted by Gasteiger charge is -2.61. The summed E-state index contributed by atoms with van der Waals surface area (Å²) in [7, 11) is 2.00. The van der Waals surface area contributed by atoms with Gasteiger partial charge >= 0.3 is 24.1 Å². The van der Waals surface area contributed by atoms with Crippen molar-refractivity contribution >= 4 is 24.2 Å². The number of hydrogen-bond donors (Lipinski definition) is 2. The van der Waals surface area contributed by atoms with Crippen LogP contribution in [0.25, 0.3) is 0 Å². The maximum absolute atomic E-state index is 13.3. The second kappa shape index (κ2) is 12.7. The number of rotatable bonds is 7. The minimum atomic E-state index is -4.64. The Morgan fingerprint density at radius 3 is 2.43 bits per heavy atom. The van der Waals surface area contributed by atoms with Gasteiger partial charge in [0.1, 0.15) is 11.5 Å². The van der Waals surface area contributed by atoms with Crippen molar-refractivity contribution in [3.8, 4) is 5.75 Å². The van der Waals surface area contributed by atoms with E-state index in [1.165, 1.54) is 13.8 Å². The molecule has 11 nitrogen and oxygen atoms in total. The van der Waals surface area contributed by atoms with E-state index >= 15 is 0 Å². The standard InChI is InChI=1S/C31H33NO9.C2HF3O/c1-17(38-29(36)26(39-18(2)34)19-7-5-4-6-8-19)28(35)40-22-11-12-31(37)23-15-20-9-10-21(16-33)25-24(20)30(31,27(22)41-25)13-14-32(23)3;3-2(4,5)1-6/h4-11,17,23,26-27,33,37H,12-16H2,1-3H3;1H/t17-,23+,26-,27-,30-,31+;/m0./s1. The van der Waals surface area contributed by atoms with E-state index in [0.29, 0.717) is 36.3 Å². The first-order chi connectivity index (χ1) is 22.2. The quantitative estimate of drug-likeness (QED) is 0.256. The van der Waals surface area contributed by atoms with Crippen molar-refractivity contribution in [2.45, 2.75) is 81.3 Å². The first-order valence-corrected chi connectivity index (χ1v) is 14.9. The van der Waals surface area contributed by atoms with Crippen molar-refractivity contribution in [2.24, 2.45) is 0 Å². The molecule has 4 aliphatic rings. The summed E-state index contributed by atoms with van der Waals surface area (Å²) in [5, 5.41) is 22.3. The van der Waals surface area contributed by atoms with E-state index in [4.69, 9.17) is 23.7 Å². The molecule has 6 rings (SSSR count). The van der Waals surface area contributed by atoms with Crippen LogP contribution in [0.2, 0.25) is 0 Å². The highest BCUT2D eigenvalue weighted by Gasteiger charge is 2.72. The van der Waals surface area contributed by atoms with Crippen LogP contribution in [-0.4, -0.2) is 82.9 Å². The van der Waals surface area contributed by atoms with Crippen molar-refractivity contribution in [3.63, 3.8) is 0 Å². The van der Waals surface area contributed by atoms with Gasteiger partial charge < -0.3 is 34.1 Å². The number of carbonyl (C=O) groups excluding carboxylic acids is 4. The number of esters is 3. The van der Waals surface area contributed by atoms with Crippen LogP contribution in [0.1, 0.15) is 55.0 Å². The van der Waals surface area contributed by atoms with Crippen LogP contribution in [0.4, 0.5) is 13.2 Å². The van der Waals surface area contributed by atoms with E-state index in [9.17, 15) is 37.8 Å². The minimum Gasteiger partial charge on any atom is -0.481 e. The monoisotopic (exact) mass is 661 g/mol. The molecule has 1 spiro atoms. The lowest BCUT2D eigenvalue weighted by atomic mass is 9.50. The zero-order valence-corrected chi connectivity index (χ0v) is 25.8. The smallest absolute Gasteiger partial charge is 0.446 e. The van der Waals surface area contributed by atoms with Gasteiger partial charge in [-0.1, -0.05) is 42.5 Å². The molecular formula is C33H34F3NO10. The predicted molar refractivity (Wildman–Crippen MR) is 156 cm³/mol. The van der Waals surface area contributed by atoms with E-state index < -0.39 is 59.7 Å². The number of likely N-dealkylation sites (tertiary alicyclic amines) is 1. The average molecular weight is 662 g/mol. The Bertz CT molecular complexity index is 1590. The number of piperidine rings is 1. The van der Waals surface area contributed by atoms with Crippen molar-refractivity contribution in [1.82, 2.24) is 4.90 Å². The highest BCUT2D eigenvalue weighted by molar-refractivity contribution is 5.84. The third-order valence-electron chi connectivity index (χ3n) is 9.20. The number of aldehydes is 1. The lowest BCUT2D eigenvalue weighted by Crippen LogP contribution is -2.74. The molecule has 0 unspecified atom stereocenters. The zero-order chi connectivity index (χ0) is 34.3. The molecule has 2 aliphatic heterocycles. The van der Waals surface area contributed by atoms with E-state index in [-0.39, 0.29) is 24.8 Å². The molecule has 0 aromatic heterocycles. The Labute approximate surface area is 267 Å². The Kier molecular flexibility index (Phi) is 9.23. The van der Waals surface area contributed by atoms with Crippen molar-refractivity contribution in [3.05, 3.63) is 76.6 Å². The van der Waals surface area contributed by atoms with Crippen LogP contribution in [0.3, 0.4) is 0 Å². The van der Waals surface area contributed by atoms with Crippen molar-refractivity contribution in [2.75, 3.05) is 13.6 Å². The van der Waals surface area contributed by atoms with Crippen LogP contribution >= 0.6 is 0 Å². The maximum Gasteiger partial charge on any atom is 0.446 e. The van der Waals surface area contributed by atoms with Gasteiger partial charge in [0.05, 0.1) is 17.6 Å². The average Bonchev–Trinajstić information content (AvgIpc) is 3.39. The fourth-order valence-electron chi connectivity index (χ4n) is 7.16. The molecule has 0 amide bonds. The number of nitrogens with zero attached hydrogens (tertiary/aromatic N) is 1. The molecular weight excluding hydrogens is 627 g/mol. The highest BCUT2D eigenvalue weighted by atomic mass is 19.4. The maximum atomic E-state index is 13.3. The van der Waals surface area contributed by atoms with E-state index in [0.717, 1.165) is 11.1 Å². The molecule has 6 atom stereocenters. The first-order valence-electron chi connectivity index (χ1n) is 14.9. The molecule has 2 aromatic rings. The summed E-state index contributed by atoms with van der Waals surface area (Å²) in [5.41, 5.74) is 0.914. The number of hydrogen-bond acceptors (Lipinski definition) is 11. The fourth-order valence-corrected chi connectivity index (χ4v) is 7.16. The Morgan fingerprint density at radius 2 is 1.81 bits per heavy atom. The molecule has 2 bridgehead atoms. The minimum absolute atomic E-state index is 0.162. The normalized spacial score (nSPS) is 26.6. The molecule has 2 heterocycles. The number of benzene rings is 2. The summed E-state index contributed by atoms with van der Waals surface area (Å²) < 4.78 is 54.1. The van der Waals surface area contributed by atoms with Gasteiger partial charge in [-0.05, 0) is 45.0 Å². The molecule has 1 saturated heterocycles. The number of likely N-dealkylation sites (N-methyl/N-ethyl adjacent to an activating group) is 1. The van der Waals surface area contributed by atoms with Crippen molar-refractivity contribution in [1.29, 1.82) is 0 Å². The van der Waals surface area contributed by atoms with Gasteiger partial charge in [-0.2, -0.15) is 13.2 Å². The molecule has 252 valence electrons. The number of carbonyl (C=O) groups is 4. The predicted octanol–water partition coefficient (Wildman–Crippen LogP) is 2.98. The molecule has 0 radical (unpaired) electrons. The molecule has 1 fully saturated rings. The van der Waals surface area contributed by atoms with Gasteiger partial charge in [0.25, 0.3) is 0 Å². The van der Waals surface area contributed by atoms with Crippen molar-refractivity contribution < 1.29 is 61.5 Å². The molecule has 47 heavy (non-hydrogen) atoms. The van der Waals surface area contributed by atoms with Gasteiger partial charge in [-0.15, -0.1) is 0 Å². The molecule has 2 aliphatic carbocycles. The molecule has 2 N–H and O–H groups in total. The van der Waals surface area contributed by atoms with Crippen LogP contribution in [0.15, 0.2) is 54.3 Å². The van der Waals surface area contributed by atoms with Gasteiger partial charge in [-0.3, -0.25) is 9.59 Å². The van der Waals surface area contributed by atoms with Gasteiger partial charge in [0.2, 0.25) is 12.4 Å². The fraction of sp³-hybridized carbons (Fsp3) is 0.455. The summed E-state index contributed by atoms with van der Waals surface area (Å²) in [6, 6.07) is 12.0. The first kappa shape index (κ1) is 34.1. The summed E-state index contributed by atoms with van der Waals surface area (Å²) in [6.07, 6.45) is -6.04. The van der Waals surface area contributed by atoms with Gasteiger partial charge in [0.15, 0.2) is 12.2 Å². The topological polar surface area (TPSA) is 149 Å². The number of alkyl halides is 3. The second-order valence-electron chi connectivity index (χ2n) is 12.0. The summed E-state index contributed by atoms with van der Waals surface area (Å²) >= 11 is 0. The Hall–Kier alpha value is -4.27. The third-order valence-corrected chi connectivity index (χ3v) is 9.20. The lowest BCUT2D eigenvalue weighted by molar-refractivity contribution is -0.180. The van der Waals surface area contributed by atoms with Gasteiger partial charge in [-0.25, -0.2) is 9.59 Å². The van der Waals surface area contributed by atoms with Crippen LogP contribution in [0.5, 0.6) is 5.75 Å². The number of ether oxygens (including phenoxy) is 4. The number of halogens is 3. The largest absolute Gasteiger partial charge is 0.481 e. The van der Waals surface area contributed by atoms with Crippen LogP contribution in [-0.2, 0) is 51.8 Å². The summed E-state index contributed by atoms with van der Waals surface area (Å²) in [4.78, 5) is 48.8. The zero-order valence-electron chi connectivity index (χ0n) is 25.8. The molecule has 2 aromatic carbocycles. The summed E-state index contributed by atoms with van der Waals surface area (Å²) in [6.45, 7) is 3.04. The Balaban J connectivity index is 0.000000662. The third kappa shape index (κ3) is 6.01. The van der Waals surface area contributed by atoms with E-state index in [1.807, 2.05) is 19.2 Å². The number of aliphatic hydroxyl groups is 2.